The molecule has 0 spiro atoms. The van der Waals surface area contributed by atoms with E-state index < -0.39 is 0 Å². The Balaban J connectivity index is 1.83. The van der Waals surface area contributed by atoms with Crippen molar-refractivity contribution in [2.45, 2.75) is 6.04 Å². The SMILES string of the molecule is Oc1ccc(C2Nc3ccccc3-c3ccnc4[nH]cc2c34)cc1I. The Kier molecular flexibility index (Phi) is 3.24. The number of nitrogens with one attached hydrogen (secondary N) is 2. The average Bonchev–Trinajstić information content (AvgIpc) is 3.00. The van der Waals surface area contributed by atoms with Crippen LogP contribution in [0.2, 0.25) is 0 Å². The number of phenols is 1. The monoisotopic (exact) mass is 439 g/mol. The van der Waals surface area contributed by atoms with Crippen molar-refractivity contribution in [3.05, 3.63) is 75.6 Å². The first-order chi connectivity index (χ1) is 12.2. The average molecular weight is 439 g/mol. The van der Waals surface area contributed by atoms with Crippen LogP contribution in [0.1, 0.15) is 17.2 Å². The van der Waals surface area contributed by atoms with E-state index in [0.29, 0.717) is 5.75 Å². The van der Waals surface area contributed by atoms with Crippen LogP contribution < -0.4 is 5.32 Å². The number of aromatic nitrogens is 2. The standard InChI is InChI=1S/C20H14IN3O/c21-15-9-11(5-6-17(15)25)19-14-10-23-20-18(14)13(7-8-22-20)12-3-1-2-4-16(12)24-19/h1-10,19,24-25H,(H,22,23). The lowest BCUT2D eigenvalue weighted by Crippen LogP contribution is -2.11. The van der Waals surface area contributed by atoms with Crippen molar-refractivity contribution in [1.82, 2.24) is 9.97 Å². The molecular formula is C20H14IN3O. The molecule has 0 saturated heterocycles. The number of benzene rings is 2. The molecule has 2 aromatic carbocycles. The lowest BCUT2D eigenvalue weighted by Gasteiger charge is -2.20. The Morgan fingerprint density at radius 1 is 1.04 bits per heavy atom. The van der Waals surface area contributed by atoms with Crippen LogP contribution >= 0.6 is 22.6 Å². The zero-order valence-corrected chi connectivity index (χ0v) is 15.3. The van der Waals surface area contributed by atoms with E-state index in [9.17, 15) is 5.11 Å². The summed E-state index contributed by atoms with van der Waals surface area (Å²) in [6.45, 7) is 0. The summed E-state index contributed by atoms with van der Waals surface area (Å²) in [5.41, 5.74) is 6.61. The molecular weight excluding hydrogens is 425 g/mol. The third-order valence-electron chi connectivity index (χ3n) is 4.74. The summed E-state index contributed by atoms with van der Waals surface area (Å²) in [6.07, 6.45) is 3.88. The minimum Gasteiger partial charge on any atom is -0.507 e. The van der Waals surface area contributed by atoms with Crippen LogP contribution in [0.5, 0.6) is 5.75 Å². The number of halogens is 1. The quantitative estimate of drug-likeness (QED) is 0.364. The number of anilines is 1. The second-order valence-corrected chi connectivity index (χ2v) is 7.32. The maximum Gasteiger partial charge on any atom is 0.138 e. The Labute approximate surface area is 158 Å². The van der Waals surface area contributed by atoms with Crippen molar-refractivity contribution in [1.29, 1.82) is 0 Å². The first-order valence-electron chi connectivity index (χ1n) is 8.03. The second kappa shape index (κ2) is 5.49. The maximum atomic E-state index is 9.88. The second-order valence-electron chi connectivity index (χ2n) is 6.16. The zero-order valence-electron chi connectivity index (χ0n) is 13.1. The number of pyridine rings is 1. The molecule has 2 aromatic heterocycles. The molecule has 0 bridgehead atoms. The van der Waals surface area contributed by atoms with Crippen LogP contribution in [0, 0.1) is 3.57 Å². The highest BCUT2D eigenvalue weighted by Gasteiger charge is 2.26. The maximum absolute atomic E-state index is 9.88. The van der Waals surface area contributed by atoms with Crippen LogP contribution in [0.25, 0.3) is 22.2 Å². The number of para-hydroxylation sites is 1. The highest BCUT2D eigenvalue weighted by atomic mass is 127. The van der Waals surface area contributed by atoms with Gasteiger partial charge in [-0.15, -0.1) is 0 Å². The predicted octanol–water partition coefficient (Wildman–Crippen LogP) is 5.06. The molecule has 0 amide bonds. The highest BCUT2D eigenvalue weighted by Crippen LogP contribution is 2.43. The van der Waals surface area contributed by atoms with E-state index in [0.717, 1.165) is 31.4 Å². The third-order valence-corrected chi connectivity index (χ3v) is 5.60. The van der Waals surface area contributed by atoms with E-state index in [1.165, 1.54) is 11.1 Å². The normalized spacial score (nSPS) is 15.5. The van der Waals surface area contributed by atoms with Gasteiger partial charge in [-0.1, -0.05) is 24.3 Å². The first-order valence-corrected chi connectivity index (χ1v) is 9.10. The van der Waals surface area contributed by atoms with Gasteiger partial charge in [0.15, 0.2) is 0 Å². The molecule has 4 nitrogen and oxygen atoms in total. The molecule has 0 radical (unpaired) electrons. The van der Waals surface area contributed by atoms with E-state index in [-0.39, 0.29) is 6.04 Å². The topological polar surface area (TPSA) is 60.9 Å². The minimum atomic E-state index is -0.0190. The van der Waals surface area contributed by atoms with Gasteiger partial charge in [0.25, 0.3) is 0 Å². The van der Waals surface area contributed by atoms with Gasteiger partial charge in [-0.25, -0.2) is 4.98 Å². The Bertz CT molecular complexity index is 1120. The van der Waals surface area contributed by atoms with Crippen molar-refractivity contribution in [2.75, 3.05) is 5.32 Å². The van der Waals surface area contributed by atoms with Crippen LogP contribution in [-0.2, 0) is 0 Å². The van der Waals surface area contributed by atoms with Crippen molar-refractivity contribution in [2.24, 2.45) is 0 Å². The predicted molar refractivity (Wildman–Crippen MR) is 108 cm³/mol. The lowest BCUT2D eigenvalue weighted by atomic mass is 9.97. The molecule has 0 saturated carbocycles. The van der Waals surface area contributed by atoms with E-state index in [2.05, 4.69) is 62.1 Å². The molecule has 0 fully saturated rings. The van der Waals surface area contributed by atoms with Gasteiger partial charge in [0.2, 0.25) is 0 Å². The largest absolute Gasteiger partial charge is 0.507 e. The van der Waals surface area contributed by atoms with Crippen molar-refractivity contribution < 1.29 is 5.11 Å². The fourth-order valence-electron chi connectivity index (χ4n) is 3.58. The number of fused-ring (bicyclic) bond motifs is 2. The number of hydrogen-bond acceptors (Lipinski definition) is 3. The van der Waals surface area contributed by atoms with E-state index in [1.807, 2.05) is 30.6 Å². The number of H-pyrrole nitrogens is 1. The number of rotatable bonds is 1. The number of hydrogen-bond donors (Lipinski definition) is 3. The molecule has 1 aliphatic heterocycles. The first kappa shape index (κ1) is 14.8. The van der Waals surface area contributed by atoms with Gasteiger partial charge in [0, 0.05) is 34.6 Å². The van der Waals surface area contributed by atoms with Gasteiger partial charge < -0.3 is 15.4 Å². The smallest absolute Gasteiger partial charge is 0.138 e. The van der Waals surface area contributed by atoms with Gasteiger partial charge >= 0.3 is 0 Å². The molecule has 1 unspecified atom stereocenters. The molecule has 3 N–H and O–H groups in total. The summed E-state index contributed by atoms with van der Waals surface area (Å²) in [4.78, 5) is 7.80. The molecule has 1 atom stereocenters. The molecule has 5 rings (SSSR count). The Hall–Kier alpha value is -2.54. The zero-order chi connectivity index (χ0) is 17.0. The van der Waals surface area contributed by atoms with E-state index >= 15 is 0 Å². The molecule has 0 aliphatic carbocycles. The molecule has 25 heavy (non-hydrogen) atoms. The molecule has 4 aromatic rings. The van der Waals surface area contributed by atoms with Gasteiger partial charge in [-0.05, 0) is 58.0 Å². The van der Waals surface area contributed by atoms with Crippen LogP contribution in [0.15, 0.2) is 60.9 Å². The fourth-order valence-corrected chi connectivity index (χ4v) is 4.12. The van der Waals surface area contributed by atoms with Crippen LogP contribution in [0.3, 0.4) is 0 Å². The number of aromatic hydroxyl groups is 1. The minimum absolute atomic E-state index is 0.0190. The summed E-state index contributed by atoms with van der Waals surface area (Å²) < 4.78 is 0.840. The molecule has 3 heterocycles. The molecule has 122 valence electrons. The Morgan fingerprint density at radius 3 is 2.80 bits per heavy atom. The number of aromatic amines is 1. The van der Waals surface area contributed by atoms with Crippen LogP contribution in [0.4, 0.5) is 5.69 Å². The van der Waals surface area contributed by atoms with Crippen molar-refractivity contribution in [3.8, 4) is 16.9 Å². The third kappa shape index (κ3) is 2.22. The number of phenolic OH excluding ortho intramolecular Hbond substituents is 1. The van der Waals surface area contributed by atoms with Gasteiger partial charge in [0.1, 0.15) is 11.4 Å². The fraction of sp³-hybridized carbons (Fsp3) is 0.0500. The number of nitrogens with zero attached hydrogens (tertiary/aromatic N) is 1. The van der Waals surface area contributed by atoms with Crippen molar-refractivity contribution in [3.63, 3.8) is 0 Å². The summed E-state index contributed by atoms with van der Waals surface area (Å²) in [5.74, 6) is 0.305. The molecule has 1 aliphatic rings. The lowest BCUT2D eigenvalue weighted by molar-refractivity contribution is 0.471. The van der Waals surface area contributed by atoms with Gasteiger partial charge in [0.05, 0.1) is 9.61 Å². The summed E-state index contributed by atoms with van der Waals surface area (Å²) >= 11 is 2.16. The van der Waals surface area contributed by atoms with E-state index in [1.54, 1.807) is 6.07 Å². The van der Waals surface area contributed by atoms with Crippen molar-refractivity contribution >= 4 is 39.3 Å². The summed E-state index contributed by atoms with van der Waals surface area (Å²) in [5, 5.41) is 14.7. The summed E-state index contributed by atoms with van der Waals surface area (Å²) in [6, 6.07) is 16.1. The summed E-state index contributed by atoms with van der Waals surface area (Å²) in [7, 11) is 0. The Morgan fingerprint density at radius 2 is 1.92 bits per heavy atom. The molecule has 5 heteroatoms. The van der Waals surface area contributed by atoms with Gasteiger partial charge in [-0.3, -0.25) is 0 Å². The highest BCUT2D eigenvalue weighted by molar-refractivity contribution is 14.1. The van der Waals surface area contributed by atoms with E-state index in [4.69, 9.17) is 0 Å². The van der Waals surface area contributed by atoms with Crippen LogP contribution in [-0.4, -0.2) is 15.1 Å². The van der Waals surface area contributed by atoms with Gasteiger partial charge in [-0.2, -0.15) is 0 Å².